The highest BCUT2D eigenvalue weighted by Gasteiger charge is 2.22. The van der Waals surface area contributed by atoms with Crippen molar-refractivity contribution in [3.05, 3.63) is 0 Å². The van der Waals surface area contributed by atoms with Crippen LogP contribution in [0.3, 0.4) is 0 Å². The maximum atomic E-state index is 5.11. The molecule has 0 bridgehead atoms. The average molecular weight is 250 g/mol. The highest BCUT2D eigenvalue weighted by Crippen LogP contribution is 2.20. The third-order valence-electron chi connectivity index (χ3n) is 2.75. The second-order valence-corrected chi connectivity index (χ2v) is 4.45. The Balaban J connectivity index is 2.18. The summed E-state index contributed by atoms with van der Waals surface area (Å²) in [5.74, 6) is 0. The number of rotatable bonds is 6. The average Bonchev–Trinajstić information content (AvgIpc) is 2.59. The van der Waals surface area contributed by atoms with Crippen LogP contribution in [0, 0.1) is 0 Å². The zero-order valence-electron chi connectivity index (χ0n) is 8.47. The van der Waals surface area contributed by atoms with Crippen LogP contribution in [0.4, 0.5) is 0 Å². The lowest BCUT2D eigenvalue weighted by molar-refractivity contribution is 0.138. The van der Waals surface area contributed by atoms with Crippen LogP contribution < -0.4 is 0 Å². The molecule has 0 amide bonds. The predicted octanol–water partition coefficient (Wildman–Crippen LogP) is 2.27. The van der Waals surface area contributed by atoms with Crippen molar-refractivity contribution in [2.75, 3.05) is 32.1 Å². The third kappa shape index (κ3) is 3.96. The minimum Gasteiger partial charge on any atom is -0.383 e. The van der Waals surface area contributed by atoms with E-state index in [4.69, 9.17) is 4.74 Å². The summed E-state index contributed by atoms with van der Waals surface area (Å²) in [6.45, 7) is 3.27. The molecule has 0 aliphatic carbocycles. The standard InChI is InChI=1S/C10H20BrNO/c1-13-9-8-12-7-3-5-10(12)4-2-6-11/h10H,2-9H2,1H3. The maximum Gasteiger partial charge on any atom is 0.0589 e. The zero-order chi connectivity index (χ0) is 9.52. The Morgan fingerprint density at radius 1 is 1.54 bits per heavy atom. The van der Waals surface area contributed by atoms with E-state index in [2.05, 4.69) is 20.8 Å². The van der Waals surface area contributed by atoms with Crippen molar-refractivity contribution in [1.82, 2.24) is 4.90 Å². The highest BCUT2D eigenvalue weighted by atomic mass is 79.9. The van der Waals surface area contributed by atoms with Gasteiger partial charge in [-0.15, -0.1) is 0 Å². The molecule has 1 saturated heterocycles. The van der Waals surface area contributed by atoms with Gasteiger partial charge in [0.05, 0.1) is 6.61 Å². The summed E-state index contributed by atoms with van der Waals surface area (Å²) in [5.41, 5.74) is 0. The monoisotopic (exact) mass is 249 g/mol. The molecule has 0 spiro atoms. The van der Waals surface area contributed by atoms with Gasteiger partial charge in [-0.05, 0) is 32.2 Å². The number of hydrogen-bond donors (Lipinski definition) is 0. The summed E-state index contributed by atoms with van der Waals surface area (Å²) in [6, 6.07) is 0.827. The number of halogens is 1. The molecule has 13 heavy (non-hydrogen) atoms. The van der Waals surface area contributed by atoms with E-state index in [0.29, 0.717) is 0 Å². The van der Waals surface area contributed by atoms with Crippen molar-refractivity contribution >= 4 is 15.9 Å². The summed E-state index contributed by atoms with van der Waals surface area (Å²) < 4.78 is 5.11. The summed E-state index contributed by atoms with van der Waals surface area (Å²) in [5, 5.41) is 1.14. The number of nitrogens with zero attached hydrogens (tertiary/aromatic N) is 1. The first-order valence-electron chi connectivity index (χ1n) is 5.17. The lowest BCUT2D eigenvalue weighted by atomic mass is 10.1. The number of methoxy groups -OCH3 is 1. The van der Waals surface area contributed by atoms with Crippen LogP contribution in [0.2, 0.25) is 0 Å². The molecule has 1 aliphatic rings. The Morgan fingerprint density at radius 2 is 2.38 bits per heavy atom. The van der Waals surface area contributed by atoms with Gasteiger partial charge in [-0.1, -0.05) is 15.9 Å². The molecule has 0 saturated carbocycles. The van der Waals surface area contributed by atoms with Crippen molar-refractivity contribution in [3.8, 4) is 0 Å². The number of likely N-dealkylation sites (tertiary alicyclic amines) is 1. The van der Waals surface area contributed by atoms with Crippen molar-refractivity contribution in [2.45, 2.75) is 31.7 Å². The SMILES string of the molecule is COCCN1CCCC1CCCBr. The molecule has 1 aliphatic heterocycles. The molecule has 78 valence electrons. The van der Waals surface area contributed by atoms with Gasteiger partial charge in [0.2, 0.25) is 0 Å². The van der Waals surface area contributed by atoms with Gasteiger partial charge in [-0.2, -0.15) is 0 Å². The van der Waals surface area contributed by atoms with E-state index in [1.807, 2.05) is 0 Å². The topological polar surface area (TPSA) is 12.5 Å². The number of hydrogen-bond acceptors (Lipinski definition) is 2. The zero-order valence-corrected chi connectivity index (χ0v) is 10.1. The molecular formula is C10H20BrNO. The van der Waals surface area contributed by atoms with E-state index in [1.165, 1.54) is 32.2 Å². The normalized spacial score (nSPS) is 24.0. The van der Waals surface area contributed by atoms with E-state index in [0.717, 1.165) is 24.5 Å². The van der Waals surface area contributed by atoms with Crippen molar-refractivity contribution in [2.24, 2.45) is 0 Å². The van der Waals surface area contributed by atoms with Crippen LogP contribution in [0.15, 0.2) is 0 Å². The second kappa shape index (κ2) is 6.80. The van der Waals surface area contributed by atoms with Gasteiger partial charge in [-0.3, -0.25) is 4.90 Å². The Kier molecular flexibility index (Phi) is 6.00. The summed E-state index contributed by atoms with van der Waals surface area (Å²) in [7, 11) is 1.78. The molecule has 0 N–H and O–H groups in total. The van der Waals surface area contributed by atoms with Gasteiger partial charge in [0.15, 0.2) is 0 Å². The Labute approximate surface area is 89.8 Å². The minimum atomic E-state index is 0.827. The Hall–Kier alpha value is 0.400. The van der Waals surface area contributed by atoms with E-state index in [-0.39, 0.29) is 0 Å². The molecule has 1 heterocycles. The summed E-state index contributed by atoms with van der Waals surface area (Å²) >= 11 is 3.49. The molecule has 0 aromatic carbocycles. The molecule has 1 fully saturated rings. The van der Waals surface area contributed by atoms with Gasteiger partial charge in [0.25, 0.3) is 0 Å². The molecule has 0 aromatic rings. The van der Waals surface area contributed by atoms with Gasteiger partial charge in [0.1, 0.15) is 0 Å². The highest BCUT2D eigenvalue weighted by molar-refractivity contribution is 9.09. The fraction of sp³-hybridized carbons (Fsp3) is 1.00. The Bertz CT molecular complexity index is 118. The molecule has 1 rings (SSSR count). The first-order chi connectivity index (χ1) is 6.38. The Morgan fingerprint density at radius 3 is 3.08 bits per heavy atom. The first-order valence-corrected chi connectivity index (χ1v) is 6.29. The summed E-state index contributed by atoms with van der Waals surface area (Å²) in [6.07, 6.45) is 5.40. The molecule has 2 nitrogen and oxygen atoms in total. The summed E-state index contributed by atoms with van der Waals surface area (Å²) in [4.78, 5) is 2.58. The van der Waals surface area contributed by atoms with E-state index in [1.54, 1.807) is 7.11 Å². The van der Waals surface area contributed by atoms with Crippen molar-refractivity contribution < 1.29 is 4.74 Å². The van der Waals surface area contributed by atoms with Gasteiger partial charge in [0, 0.05) is 25.0 Å². The van der Waals surface area contributed by atoms with Gasteiger partial charge >= 0.3 is 0 Å². The van der Waals surface area contributed by atoms with E-state index >= 15 is 0 Å². The molecule has 0 aromatic heterocycles. The van der Waals surface area contributed by atoms with Crippen LogP contribution in [0.25, 0.3) is 0 Å². The smallest absolute Gasteiger partial charge is 0.0589 e. The lowest BCUT2D eigenvalue weighted by Crippen LogP contribution is -2.32. The molecule has 1 unspecified atom stereocenters. The predicted molar refractivity (Wildman–Crippen MR) is 59.5 cm³/mol. The third-order valence-corrected chi connectivity index (χ3v) is 3.31. The van der Waals surface area contributed by atoms with Crippen LogP contribution in [0.1, 0.15) is 25.7 Å². The van der Waals surface area contributed by atoms with Crippen LogP contribution in [-0.2, 0) is 4.74 Å². The second-order valence-electron chi connectivity index (χ2n) is 3.66. The van der Waals surface area contributed by atoms with Crippen LogP contribution in [-0.4, -0.2) is 43.1 Å². The maximum absolute atomic E-state index is 5.11. The molecule has 3 heteroatoms. The molecule has 0 radical (unpaired) electrons. The van der Waals surface area contributed by atoms with Gasteiger partial charge in [-0.25, -0.2) is 0 Å². The molecular weight excluding hydrogens is 230 g/mol. The largest absolute Gasteiger partial charge is 0.383 e. The van der Waals surface area contributed by atoms with Crippen molar-refractivity contribution in [3.63, 3.8) is 0 Å². The first kappa shape index (κ1) is 11.5. The number of alkyl halides is 1. The fourth-order valence-corrected chi connectivity index (χ4v) is 2.36. The van der Waals surface area contributed by atoms with E-state index in [9.17, 15) is 0 Å². The lowest BCUT2D eigenvalue weighted by Gasteiger charge is -2.23. The van der Waals surface area contributed by atoms with Crippen LogP contribution in [0.5, 0.6) is 0 Å². The fourth-order valence-electron chi connectivity index (χ4n) is 2.04. The van der Waals surface area contributed by atoms with Crippen LogP contribution >= 0.6 is 15.9 Å². The van der Waals surface area contributed by atoms with Crippen molar-refractivity contribution in [1.29, 1.82) is 0 Å². The molecule has 1 atom stereocenters. The van der Waals surface area contributed by atoms with E-state index < -0.39 is 0 Å². The van der Waals surface area contributed by atoms with Gasteiger partial charge < -0.3 is 4.74 Å². The quantitative estimate of drug-likeness (QED) is 0.670. The minimum absolute atomic E-state index is 0.827. The number of ether oxygens (including phenoxy) is 1.